The summed E-state index contributed by atoms with van der Waals surface area (Å²) >= 11 is 9.07. The van der Waals surface area contributed by atoms with Crippen molar-refractivity contribution in [1.29, 1.82) is 0 Å². The first-order valence-electron chi connectivity index (χ1n) is 5.22. The molecule has 0 fully saturated rings. The average Bonchev–Trinajstić information content (AvgIpc) is 2.33. The van der Waals surface area contributed by atoms with E-state index in [1.165, 1.54) is 6.07 Å². The molecule has 2 N–H and O–H groups in total. The van der Waals surface area contributed by atoms with Gasteiger partial charge in [0.2, 0.25) is 0 Å². The van der Waals surface area contributed by atoms with Crippen LogP contribution >= 0.6 is 27.5 Å². The molecule has 6 heteroatoms. The van der Waals surface area contributed by atoms with Gasteiger partial charge in [-0.05, 0) is 46.3 Å². The summed E-state index contributed by atoms with van der Waals surface area (Å²) in [6, 6.07) is 8.06. The second-order valence-corrected chi connectivity index (χ2v) is 5.01. The summed E-state index contributed by atoms with van der Waals surface area (Å²) in [6.07, 6.45) is 0. The van der Waals surface area contributed by atoms with Gasteiger partial charge in [0.15, 0.2) is 0 Å². The lowest BCUT2D eigenvalue weighted by atomic mass is 10.2. The average molecular weight is 345 g/mol. The molecule has 98 valence electrons. The molecular weight excluding hydrogens is 337 g/mol. The number of halogens is 3. The van der Waals surface area contributed by atoms with Gasteiger partial charge in [0.1, 0.15) is 11.6 Å². The Morgan fingerprint density at radius 3 is 2.63 bits per heavy atom. The quantitative estimate of drug-likeness (QED) is 0.858. The molecular formula is C13H8BrClFNO2. The fourth-order valence-electron chi connectivity index (χ4n) is 1.47. The fraction of sp³-hybridized carbons (Fsp3) is 0. The minimum atomic E-state index is -0.608. The predicted molar refractivity (Wildman–Crippen MR) is 75.2 cm³/mol. The van der Waals surface area contributed by atoms with Crippen LogP contribution in [0.25, 0.3) is 0 Å². The van der Waals surface area contributed by atoms with E-state index in [9.17, 15) is 14.3 Å². The van der Waals surface area contributed by atoms with E-state index >= 15 is 0 Å². The Balaban J connectivity index is 2.23. The van der Waals surface area contributed by atoms with E-state index in [1.807, 2.05) is 0 Å². The summed E-state index contributed by atoms with van der Waals surface area (Å²) in [4.78, 5) is 11.9. The van der Waals surface area contributed by atoms with Crippen molar-refractivity contribution < 1.29 is 14.3 Å². The van der Waals surface area contributed by atoms with Gasteiger partial charge in [-0.1, -0.05) is 11.6 Å². The topological polar surface area (TPSA) is 49.3 Å². The first-order valence-corrected chi connectivity index (χ1v) is 6.39. The number of anilines is 1. The first-order chi connectivity index (χ1) is 8.97. The van der Waals surface area contributed by atoms with Gasteiger partial charge in [-0.2, -0.15) is 0 Å². The number of benzene rings is 2. The number of nitrogens with one attached hydrogen (secondary N) is 1. The Morgan fingerprint density at radius 1 is 1.26 bits per heavy atom. The molecule has 0 heterocycles. The summed E-state index contributed by atoms with van der Waals surface area (Å²) in [5.41, 5.74) is 0.498. The van der Waals surface area contributed by atoms with E-state index in [2.05, 4.69) is 21.2 Å². The lowest BCUT2D eigenvalue weighted by Gasteiger charge is -2.07. The van der Waals surface area contributed by atoms with E-state index < -0.39 is 17.5 Å². The molecule has 2 aromatic carbocycles. The van der Waals surface area contributed by atoms with Crippen molar-refractivity contribution in [2.24, 2.45) is 0 Å². The third-order valence-corrected chi connectivity index (χ3v) is 3.60. The van der Waals surface area contributed by atoms with Crippen LogP contribution in [-0.4, -0.2) is 11.0 Å². The van der Waals surface area contributed by atoms with Crippen LogP contribution in [0.5, 0.6) is 5.75 Å². The monoisotopic (exact) mass is 343 g/mol. The second-order valence-electron chi connectivity index (χ2n) is 3.74. The molecule has 0 aliphatic carbocycles. The Bertz CT molecular complexity index is 649. The van der Waals surface area contributed by atoms with Gasteiger partial charge in [0.25, 0.3) is 5.91 Å². The predicted octanol–water partition coefficient (Wildman–Crippen LogP) is 4.20. The SMILES string of the molecule is O=C(Nc1ccc(Cl)c(Br)c1)c1ccc(F)cc1O. The van der Waals surface area contributed by atoms with Crippen LogP contribution in [0.2, 0.25) is 5.02 Å². The number of carbonyl (C=O) groups excluding carboxylic acids is 1. The van der Waals surface area contributed by atoms with Gasteiger partial charge in [0.05, 0.1) is 10.6 Å². The molecule has 1 amide bonds. The highest BCUT2D eigenvalue weighted by Gasteiger charge is 2.12. The van der Waals surface area contributed by atoms with E-state index in [-0.39, 0.29) is 5.56 Å². The maximum absolute atomic E-state index is 12.8. The van der Waals surface area contributed by atoms with Crippen LogP contribution in [0.1, 0.15) is 10.4 Å². The third-order valence-electron chi connectivity index (χ3n) is 2.38. The first kappa shape index (κ1) is 13.8. The molecule has 2 aromatic rings. The standard InChI is InChI=1S/C13H8BrClFNO2/c14-10-6-8(2-4-11(10)15)17-13(19)9-3-1-7(16)5-12(9)18/h1-6,18H,(H,17,19). The molecule has 0 radical (unpaired) electrons. The van der Waals surface area contributed by atoms with Gasteiger partial charge in [-0.25, -0.2) is 4.39 Å². The van der Waals surface area contributed by atoms with Crippen LogP contribution in [0.3, 0.4) is 0 Å². The summed E-state index contributed by atoms with van der Waals surface area (Å²) < 4.78 is 13.5. The minimum Gasteiger partial charge on any atom is -0.507 e. The third kappa shape index (κ3) is 3.24. The molecule has 0 aliphatic rings. The number of aromatic hydroxyl groups is 1. The Labute approximate surface area is 122 Å². The Morgan fingerprint density at radius 2 is 2.00 bits per heavy atom. The molecule has 0 unspecified atom stereocenters. The van der Waals surface area contributed by atoms with Crippen molar-refractivity contribution in [1.82, 2.24) is 0 Å². The Kier molecular flexibility index (Phi) is 4.07. The highest BCUT2D eigenvalue weighted by Crippen LogP contribution is 2.26. The highest BCUT2D eigenvalue weighted by molar-refractivity contribution is 9.10. The zero-order chi connectivity index (χ0) is 14.0. The fourth-order valence-corrected chi connectivity index (χ4v) is 1.97. The van der Waals surface area contributed by atoms with Gasteiger partial charge in [0, 0.05) is 16.2 Å². The van der Waals surface area contributed by atoms with Gasteiger partial charge in [-0.15, -0.1) is 0 Å². The van der Waals surface area contributed by atoms with Crippen molar-refractivity contribution in [3.05, 3.63) is 57.3 Å². The number of hydrogen-bond acceptors (Lipinski definition) is 2. The maximum Gasteiger partial charge on any atom is 0.259 e. The molecule has 0 saturated carbocycles. The van der Waals surface area contributed by atoms with Gasteiger partial charge >= 0.3 is 0 Å². The van der Waals surface area contributed by atoms with Crippen molar-refractivity contribution in [3.63, 3.8) is 0 Å². The Hall–Kier alpha value is -1.59. The summed E-state index contributed by atoms with van der Waals surface area (Å²) in [5.74, 6) is -1.56. The molecule has 3 nitrogen and oxygen atoms in total. The van der Waals surface area contributed by atoms with Crippen molar-refractivity contribution in [2.75, 3.05) is 5.32 Å². The van der Waals surface area contributed by atoms with Crippen molar-refractivity contribution in [2.45, 2.75) is 0 Å². The lowest BCUT2D eigenvalue weighted by Crippen LogP contribution is -2.12. The van der Waals surface area contributed by atoms with E-state index in [0.717, 1.165) is 12.1 Å². The largest absolute Gasteiger partial charge is 0.507 e. The number of amides is 1. The van der Waals surface area contributed by atoms with E-state index in [1.54, 1.807) is 18.2 Å². The molecule has 0 spiro atoms. The van der Waals surface area contributed by atoms with E-state index in [4.69, 9.17) is 11.6 Å². The number of rotatable bonds is 2. The number of carbonyl (C=O) groups is 1. The zero-order valence-corrected chi connectivity index (χ0v) is 11.8. The molecule has 0 bridgehead atoms. The maximum atomic E-state index is 12.8. The van der Waals surface area contributed by atoms with Gasteiger partial charge in [-0.3, -0.25) is 4.79 Å². The molecule has 0 aliphatic heterocycles. The zero-order valence-electron chi connectivity index (χ0n) is 9.45. The van der Waals surface area contributed by atoms with Gasteiger partial charge < -0.3 is 10.4 Å². The lowest BCUT2D eigenvalue weighted by molar-refractivity contribution is 0.102. The van der Waals surface area contributed by atoms with Crippen LogP contribution in [0.4, 0.5) is 10.1 Å². The molecule has 19 heavy (non-hydrogen) atoms. The van der Waals surface area contributed by atoms with Crippen LogP contribution < -0.4 is 5.32 Å². The minimum absolute atomic E-state index is 0.00697. The van der Waals surface area contributed by atoms with E-state index in [0.29, 0.717) is 15.2 Å². The van der Waals surface area contributed by atoms with Crippen molar-refractivity contribution in [3.8, 4) is 5.75 Å². The van der Waals surface area contributed by atoms with Crippen molar-refractivity contribution >= 4 is 39.1 Å². The molecule has 0 saturated heterocycles. The number of hydrogen-bond donors (Lipinski definition) is 2. The summed E-state index contributed by atoms with van der Waals surface area (Å²) in [5, 5.41) is 12.6. The molecule has 0 atom stereocenters. The number of phenolic OH excluding ortho intramolecular Hbond substituents is 1. The summed E-state index contributed by atoms with van der Waals surface area (Å²) in [7, 11) is 0. The number of phenols is 1. The molecule has 2 rings (SSSR count). The second kappa shape index (κ2) is 5.59. The smallest absolute Gasteiger partial charge is 0.259 e. The van der Waals surface area contributed by atoms with Crippen LogP contribution in [0.15, 0.2) is 40.9 Å². The summed E-state index contributed by atoms with van der Waals surface area (Å²) in [6.45, 7) is 0. The highest BCUT2D eigenvalue weighted by atomic mass is 79.9. The normalized spacial score (nSPS) is 10.3. The van der Waals surface area contributed by atoms with Crippen LogP contribution in [-0.2, 0) is 0 Å². The van der Waals surface area contributed by atoms with Crippen LogP contribution in [0, 0.1) is 5.82 Å². The molecule has 0 aromatic heterocycles.